The van der Waals surface area contributed by atoms with Crippen LogP contribution in [0.25, 0.3) is 6.08 Å². The van der Waals surface area contributed by atoms with Crippen molar-refractivity contribution in [1.82, 2.24) is 9.80 Å². The smallest absolute Gasteiger partial charge is 0.246 e. The highest BCUT2D eigenvalue weighted by molar-refractivity contribution is 7.99. The number of ether oxygens (including phenoxy) is 1. The third-order valence-electron chi connectivity index (χ3n) is 4.61. The number of hydrogen-bond donors (Lipinski definition) is 0. The van der Waals surface area contributed by atoms with Gasteiger partial charge in [-0.25, -0.2) is 0 Å². The van der Waals surface area contributed by atoms with E-state index in [1.165, 1.54) is 0 Å². The van der Waals surface area contributed by atoms with Gasteiger partial charge in [0.15, 0.2) is 0 Å². The molecule has 2 fully saturated rings. The lowest BCUT2D eigenvalue weighted by Gasteiger charge is -2.35. The van der Waals surface area contributed by atoms with E-state index in [0.29, 0.717) is 5.02 Å². The molecular formula is C19H25ClN2O2S. The molecular weight excluding hydrogens is 356 g/mol. The quantitative estimate of drug-likeness (QED) is 0.752. The van der Waals surface area contributed by atoms with Crippen molar-refractivity contribution in [3.05, 3.63) is 40.9 Å². The molecule has 2 heterocycles. The standard InChI is InChI=1S/C19H25ClN2O2S/c20-18-5-2-1-4-16(18)6-7-19(23)22-8-3-13-25-15-17(22)14-21-9-11-24-12-10-21/h1-2,4-7,17H,3,8-15H2/b7-6+/t17-/m1/s1. The highest BCUT2D eigenvalue weighted by Gasteiger charge is 2.27. The van der Waals surface area contributed by atoms with Crippen LogP contribution in [-0.2, 0) is 9.53 Å². The van der Waals surface area contributed by atoms with Gasteiger partial charge in [0.05, 0.1) is 19.3 Å². The number of thioether (sulfide) groups is 1. The van der Waals surface area contributed by atoms with Crippen LogP contribution in [0.15, 0.2) is 30.3 Å². The number of hydrogen-bond acceptors (Lipinski definition) is 4. The maximum Gasteiger partial charge on any atom is 0.246 e. The monoisotopic (exact) mass is 380 g/mol. The molecule has 2 aliphatic rings. The summed E-state index contributed by atoms with van der Waals surface area (Å²) in [7, 11) is 0. The summed E-state index contributed by atoms with van der Waals surface area (Å²) >= 11 is 8.13. The van der Waals surface area contributed by atoms with Gasteiger partial charge >= 0.3 is 0 Å². The van der Waals surface area contributed by atoms with Gasteiger partial charge in [0.25, 0.3) is 0 Å². The fourth-order valence-electron chi connectivity index (χ4n) is 3.22. The predicted octanol–water partition coefficient (Wildman–Crippen LogP) is 3.02. The minimum atomic E-state index is 0.0840. The third-order valence-corrected chi connectivity index (χ3v) is 6.15. The van der Waals surface area contributed by atoms with E-state index in [2.05, 4.69) is 4.90 Å². The van der Waals surface area contributed by atoms with Crippen molar-refractivity contribution in [2.24, 2.45) is 0 Å². The molecule has 0 aromatic heterocycles. The first-order valence-corrected chi connectivity index (χ1v) is 10.4. The Labute approximate surface area is 159 Å². The Morgan fingerprint density at radius 2 is 2.08 bits per heavy atom. The Morgan fingerprint density at radius 3 is 2.88 bits per heavy atom. The average molecular weight is 381 g/mol. The first-order valence-electron chi connectivity index (χ1n) is 8.85. The van der Waals surface area contributed by atoms with Crippen LogP contribution in [-0.4, -0.2) is 72.6 Å². The van der Waals surface area contributed by atoms with E-state index in [0.717, 1.165) is 62.9 Å². The summed E-state index contributed by atoms with van der Waals surface area (Å²) in [6.45, 7) is 5.26. The van der Waals surface area contributed by atoms with Crippen molar-refractivity contribution in [3.8, 4) is 0 Å². The summed E-state index contributed by atoms with van der Waals surface area (Å²) in [5.74, 6) is 2.21. The zero-order chi connectivity index (χ0) is 17.5. The summed E-state index contributed by atoms with van der Waals surface area (Å²) in [6.07, 6.45) is 4.55. The molecule has 1 aromatic rings. The second-order valence-electron chi connectivity index (χ2n) is 6.38. The fraction of sp³-hybridized carbons (Fsp3) is 0.526. The van der Waals surface area contributed by atoms with Gasteiger partial charge < -0.3 is 9.64 Å². The normalized spacial score (nSPS) is 22.9. The molecule has 2 aliphatic heterocycles. The van der Waals surface area contributed by atoms with E-state index >= 15 is 0 Å². The van der Waals surface area contributed by atoms with Crippen LogP contribution in [0.3, 0.4) is 0 Å². The molecule has 1 atom stereocenters. The molecule has 136 valence electrons. The summed E-state index contributed by atoms with van der Waals surface area (Å²) in [5, 5.41) is 0.669. The molecule has 1 aromatic carbocycles. The molecule has 6 heteroatoms. The number of morpholine rings is 1. The number of rotatable bonds is 4. The zero-order valence-corrected chi connectivity index (χ0v) is 16.0. The largest absolute Gasteiger partial charge is 0.379 e. The van der Waals surface area contributed by atoms with Crippen molar-refractivity contribution >= 4 is 35.3 Å². The number of halogens is 1. The van der Waals surface area contributed by atoms with E-state index in [-0.39, 0.29) is 11.9 Å². The molecule has 4 nitrogen and oxygen atoms in total. The van der Waals surface area contributed by atoms with Crippen molar-refractivity contribution in [3.63, 3.8) is 0 Å². The topological polar surface area (TPSA) is 32.8 Å². The SMILES string of the molecule is O=C(/C=C/c1ccccc1Cl)N1CCCSC[C@H]1CN1CCOCC1. The fourth-order valence-corrected chi connectivity index (χ4v) is 4.48. The molecule has 3 rings (SSSR count). The first kappa shape index (κ1) is 18.8. The summed E-state index contributed by atoms with van der Waals surface area (Å²) in [6, 6.07) is 7.85. The van der Waals surface area contributed by atoms with Crippen molar-refractivity contribution < 1.29 is 9.53 Å². The number of amides is 1. The molecule has 0 N–H and O–H groups in total. The van der Waals surface area contributed by atoms with E-state index in [9.17, 15) is 4.79 Å². The first-order chi connectivity index (χ1) is 12.2. The lowest BCUT2D eigenvalue weighted by atomic mass is 10.2. The van der Waals surface area contributed by atoms with Gasteiger partial charge in [-0.05, 0) is 29.9 Å². The van der Waals surface area contributed by atoms with Gasteiger partial charge in [0.1, 0.15) is 0 Å². The van der Waals surface area contributed by atoms with Crippen molar-refractivity contribution in [2.75, 3.05) is 50.9 Å². The Balaban J connectivity index is 1.67. The van der Waals surface area contributed by atoms with E-state index in [4.69, 9.17) is 16.3 Å². The van der Waals surface area contributed by atoms with Crippen molar-refractivity contribution in [2.45, 2.75) is 12.5 Å². The Kier molecular flexibility index (Phi) is 7.23. The molecule has 0 radical (unpaired) electrons. The molecule has 0 unspecified atom stereocenters. The minimum Gasteiger partial charge on any atom is -0.379 e. The lowest BCUT2D eigenvalue weighted by molar-refractivity contribution is -0.128. The second kappa shape index (κ2) is 9.62. The van der Waals surface area contributed by atoms with Crippen LogP contribution in [0, 0.1) is 0 Å². The molecule has 0 spiro atoms. The number of carbonyl (C=O) groups is 1. The van der Waals surface area contributed by atoms with Crippen LogP contribution >= 0.6 is 23.4 Å². The Morgan fingerprint density at radius 1 is 1.28 bits per heavy atom. The highest BCUT2D eigenvalue weighted by Crippen LogP contribution is 2.20. The van der Waals surface area contributed by atoms with Crippen molar-refractivity contribution in [1.29, 1.82) is 0 Å². The third kappa shape index (κ3) is 5.48. The summed E-state index contributed by atoms with van der Waals surface area (Å²) < 4.78 is 5.44. The van der Waals surface area contributed by atoms with Gasteiger partial charge in [-0.15, -0.1) is 0 Å². The minimum absolute atomic E-state index is 0.0840. The molecule has 2 saturated heterocycles. The second-order valence-corrected chi connectivity index (χ2v) is 7.94. The molecule has 0 bridgehead atoms. The van der Waals surface area contributed by atoms with Gasteiger partial charge in [-0.2, -0.15) is 11.8 Å². The van der Waals surface area contributed by atoms with Crippen LogP contribution in [0.2, 0.25) is 5.02 Å². The predicted molar refractivity (Wildman–Crippen MR) is 105 cm³/mol. The molecule has 25 heavy (non-hydrogen) atoms. The number of carbonyl (C=O) groups excluding carboxylic acids is 1. The zero-order valence-electron chi connectivity index (χ0n) is 14.4. The van der Waals surface area contributed by atoms with Crippen LogP contribution in [0.5, 0.6) is 0 Å². The maximum absolute atomic E-state index is 12.8. The summed E-state index contributed by atoms with van der Waals surface area (Å²) in [5.41, 5.74) is 0.881. The van der Waals surface area contributed by atoms with Crippen LogP contribution < -0.4 is 0 Å². The van der Waals surface area contributed by atoms with Gasteiger partial charge in [0, 0.05) is 43.0 Å². The van der Waals surface area contributed by atoms with E-state index in [1.54, 1.807) is 6.08 Å². The average Bonchev–Trinajstić information content (AvgIpc) is 2.87. The summed E-state index contributed by atoms with van der Waals surface area (Å²) in [4.78, 5) is 17.3. The Bertz CT molecular complexity index is 605. The van der Waals surface area contributed by atoms with Gasteiger partial charge in [-0.3, -0.25) is 9.69 Å². The molecule has 0 aliphatic carbocycles. The van der Waals surface area contributed by atoms with E-state index < -0.39 is 0 Å². The molecule has 0 saturated carbocycles. The molecule has 1 amide bonds. The van der Waals surface area contributed by atoms with Crippen LogP contribution in [0.1, 0.15) is 12.0 Å². The van der Waals surface area contributed by atoms with Crippen LogP contribution in [0.4, 0.5) is 0 Å². The van der Waals surface area contributed by atoms with E-state index in [1.807, 2.05) is 47.0 Å². The lowest BCUT2D eigenvalue weighted by Crippen LogP contribution is -2.50. The number of benzene rings is 1. The van der Waals surface area contributed by atoms with Gasteiger partial charge in [-0.1, -0.05) is 29.8 Å². The Hall–Kier alpha value is -1.01. The maximum atomic E-state index is 12.8. The number of nitrogens with zero attached hydrogens (tertiary/aromatic N) is 2. The van der Waals surface area contributed by atoms with Gasteiger partial charge in [0.2, 0.25) is 5.91 Å². The highest BCUT2D eigenvalue weighted by atomic mass is 35.5.